The monoisotopic (exact) mass is 162 g/mol. The summed E-state index contributed by atoms with van der Waals surface area (Å²) in [4.78, 5) is 3.95. The zero-order valence-corrected chi connectivity index (χ0v) is 6.86. The topological polar surface area (TPSA) is 56.9 Å². The van der Waals surface area contributed by atoms with Crippen LogP contribution in [0.1, 0.15) is 30.7 Å². The molecule has 0 spiro atoms. The van der Waals surface area contributed by atoms with Crippen LogP contribution in [0.3, 0.4) is 0 Å². The first-order chi connectivity index (χ1) is 5.77. The van der Waals surface area contributed by atoms with Crippen LogP contribution in [0.25, 0.3) is 0 Å². The summed E-state index contributed by atoms with van der Waals surface area (Å²) in [6, 6.07) is 5.29. The quantitative estimate of drug-likeness (QED) is 0.715. The number of nitrogens with zero attached hydrogens (tertiary/aromatic N) is 2. The fourth-order valence-electron chi connectivity index (χ4n) is 0.878. The molecule has 3 nitrogen and oxygen atoms in total. The molecule has 1 atom stereocenters. The van der Waals surface area contributed by atoms with Gasteiger partial charge in [-0.2, -0.15) is 5.26 Å². The smallest absolute Gasteiger partial charge is 0.101 e. The number of aliphatic hydroxyl groups is 1. The van der Waals surface area contributed by atoms with Gasteiger partial charge in [-0.1, -0.05) is 6.92 Å². The Morgan fingerprint density at radius 3 is 2.83 bits per heavy atom. The van der Waals surface area contributed by atoms with Crippen molar-refractivity contribution in [2.45, 2.75) is 19.4 Å². The minimum absolute atomic E-state index is 0.516. The molecule has 0 radical (unpaired) electrons. The van der Waals surface area contributed by atoms with E-state index in [4.69, 9.17) is 5.26 Å². The molecule has 0 aliphatic carbocycles. The molecule has 0 fully saturated rings. The number of hydrogen-bond acceptors (Lipinski definition) is 3. The second-order valence-corrected chi connectivity index (χ2v) is 2.51. The average molecular weight is 162 g/mol. The third-order valence-corrected chi connectivity index (χ3v) is 1.64. The highest BCUT2D eigenvalue weighted by molar-refractivity contribution is 5.26. The van der Waals surface area contributed by atoms with Gasteiger partial charge in [0.15, 0.2) is 0 Å². The van der Waals surface area contributed by atoms with Gasteiger partial charge in [0, 0.05) is 6.20 Å². The van der Waals surface area contributed by atoms with Crippen molar-refractivity contribution in [2.24, 2.45) is 0 Å². The maximum absolute atomic E-state index is 9.35. The van der Waals surface area contributed by atoms with Crippen molar-refractivity contribution < 1.29 is 5.11 Å². The van der Waals surface area contributed by atoms with Crippen LogP contribution in [0, 0.1) is 11.3 Å². The first kappa shape index (κ1) is 8.69. The van der Waals surface area contributed by atoms with Gasteiger partial charge < -0.3 is 5.11 Å². The van der Waals surface area contributed by atoms with E-state index in [9.17, 15) is 5.11 Å². The van der Waals surface area contributed by atoms with E-state index in [2.05, 4.69) is 4.98 Å². The Labute approximate surface area is 71.3 Å². The van der Waals surface area contributed by atoms with E-state index in [0.29, 0.717) is 17.7 Å². The van der Waals surface area contributed by atoms with Crippen LogP contribution in [0.5, 0.6) is 0 Å². The second-order valence-electron chi connectivity index (χ2n) is 2.51. The molecule has 3 heteroatoms. The standard InChI is InChI=1S/C9H10N2O/c1-2-9(12)8-4-3-7(5-10)6-11-8/h3-4,6,9,12H,2H2,1H3. The molecule has 1 rings (SSSR count). The summed E-state index contributed by atoms with van der Waals surface area (Å²) in [5.41, 5.74) is 1.14. The van der Waals surface area contributed by atoms with Gasteiger partial charge in [0.1, 0.15) is 6.07 Å². The molecule has 0 saturated heterocycles. The highest BCUT2D eigenvalue weighted by Gasteiger charge is 2.04. The molecule has 0 aliphatic heterocycles. The lowest BCUT2D eigenvalue weighted by molar-refractivity contribution is 0.169. The van der Waals surface area contributed by atoms with Gasteiger partial charge in [-0.15, -0.1) is 0 Å². The first-order valence-electron chi connectivity index (χ1n) is 3.82. The molecular formula is C9H10N2O. The summed E-state index contributed by atoms with van der Waals surface area (Å²) in [6.07, 6.45) is 1.59. The molecule has 1 unspecified atom stereocenters. The zero-order valence-electron chi connectivity index (χ0n) is 6.86. The van der Waals surface area contributed by atoms with E-state index in [1.807, 2.05) is 13.0 Å². The van der Waals surface area contributed by atoms with E-state index in [1.54, 1.807) is 12.1 Å². The van der Waals surface area contributed by atoms with Crippen LogP contribution in [0.4, 0.5) is 0 Å². The summed E-state index contributed by atoms with van der Waals surface area (Å²) in [5.74, 6) is 0. The van der Waals surface area contributed by atoms with Crippen LogP contribution in [0.15, 0.2) is 18.3 Å². The van der Waals surface area contributed by atoms with E-state index < -0.39 is 6.10 Å². The van der Waals surface area contributed by atoms with Crippen molar-refractivity contribution in [1.82, 2.24) is 4.98 Å². The van der Waals surface area contributed by atoms with Crippen LogP contribution in [0.2, 0.25) is 0 Å². The molecule has 1 aromatic heterocycles. The van der Waals surface area contributed by atoms with Gasteiger partial charge in [0.2, 0.25) is 0 Å². The lowest BCUT2D eigenvalue weighted by atomic mass is 10.1. The minimum atomic E-state index is -0.516. The van der Waals surface area contributed by atoms with Crippen molar-refractivity contribution in [2.75, 3.05) is 0 Å². The van der Waals surface area contributed by atoms with Crippen LogP contribution in [-0.4, -0.2) is 10.1 Å². The Bertz CT molecular complexity index is 286. The van der Waals surface area contributed by atoms with Crippen LogP contribution < -0.4 is 0 Å². The van der Waals surface area contributed by atoms with E-state index in [1.165, 1.54) is 6.20 Å². The normalized spacial score (nSPS) is 12.1. The van der Waals surface area contributed by atoms with Crippen LogP contribution >= 0.6 is 0 Å². The van der Waals surface area contributed by atoms with Gasteiger partial charge in [-0.25, -0.2) is 0 Å². The predicted octanol–water partition coefficient (Wildman–Crippen LogP) is 1.40. The average Bonchev–Trinajstić information content (AvgIpc) is 2.17. The Hall–Kier alpha value is -1.40. The maximum Gasteiger partial charge on any atom is 0.101 e. The summed E-state index contributed by atoms with van der Waals surface area (Å²) in [6.45, 7) is 1.88. The SMILES string of the molecule is CCC(O)c1ccc(C#N)cn1. The highest BCUT2D eigenvalue weighted by Crippen LogP contribution is 2.12. The fraction of sp³-hybridized carbons (Fsp3) is 0.333. The van der Waals surface area contributed by atoms with Crippen molar-refractivity contribution >= 4 is 0 Å². The largest absolute Gasteiger partial charge is 0.387 e. The fourth-order valence-corrected chi connectivity index (χ4v) is 0.878. The Morgan fingerprint density at radius 2 is 2.42 bits per heavy atom. The lowest BCUT2D eigenvalue weighted by Gasteiger charge is -2.05. The van der Waals surface area contributed by atoms with Crippen molar-refractivity contribution in [3.8, 4) is 6.07 Å². The molecule has 0 aromatic carbocycles. The van der Waals surface area contributed by atoms with Gasteiger partial charge >= 0.3 is 0 Å². The van der Waals surface area contributed by atoms with E-state index in [-0.39, 0.29) is 0 Å². The number of pyridine rings is 1. The molecule has 62 valence electrons. The van der Waals surface area contributed by atoms with Crippen molar-refractivity contribution in [3.63, 3.8) is 0 Å². The van der Waals surface area contributed by atoms with E-state index in [0.717, 1.165) is 0 Å². The summed E-state index contributed by atoms with van der Waals surface area (Å²) in [7, 11) is 0. The number of hydrogen-bond donors (Lipinski definition) is 1. The zero-order chi connectivity index (χ0) is 8.97. The minimum Gasteiger partial charge on any atom is -0.387 e. The molecule has 1 N–H and O–H groups in total. The Kier molecular flexibility index (Phi) is 2.78. The van der Waals surface area contributed by atoms with Gasteiger partial charge in [0.25, 0.3) is 0 Å². The van der Waals surface area contributed by atoms with Crippen LogP contribution in [-0.2, 0) is 0 Å². The lowest BCUT2D eigenvalue weighted by Crippen LogP contribution is -1.98. The number of nitriles is 1. The second kappa shape index (κ2) is 3.84. The highest BCUT2D eigenvalue weighted by atomic mass is 16.3. The first-order valence-corrected chi connectivity index (χ1v) is 3.82. The van der Waals surface area contributed by atoms with Gasteiger partial charge in [0.05, 0.1) is 17.4 Å². The molecule has 1 heterocycles. The van der Waals surface area contributed by atoms with Gasteiger partial charge in [-0.3, -0.25) is 4.98 Å². The molecule has 0 saturated carbocycles. The number of rotatable bonds is 2. The number of aromatic nitrogens is 1. The molecule has 12 heavy (non-hydrogen) atoms. The molecule has 1 aromatic rings. The predicted molar refractivity (Wildman–Crippen MR) is 44.2 cm³/mol. The van der Waals surface area contributed by atoms with Gasteiger partial charge in [-0.05, 0) is 18.6 Å². The summed E-state index contributed by atoms with van der Waals surface area (Å²) >= 11 is 0. The summed E-state index contributed by atoms with van der Waals surface area (Å²) < 4.78 is 0. The van der Waals surface area contributed by atoms with E-state index >= 15 is 0 Å². The Morgan fingerprint density at radius 1 is 1.67 bits per heavy atom. The molecule has 0 amide bonds. The Balaban J connectivity index is 2.86. The number of aliphatic hydroxyl groups excluding tert-OH is 1. The third kappa shape index (κ3) is 1.80. The van der Waals surface area contributed by atoms with Crippen molar-refractivity contribution in [3.05, 3.63) is 29.6 Å². The molecule has 0 aliphatic rings. The maximum atomic E-state index is 9.35. The molecule has 0 bridgehead atoms. The summed E-state index contributed by atoms with van der Waals surface area (Å²) in [5, 5.41) is 17.8. The molecular weight excluding hydrogens is 152 g/mol. The third-order valence-electron chi connectivity index (χ3n) is 1.64. The van der Waals surface area contributed by atoms with Crippen molar-refractivity contribution in [1.29, 1.82) is 5.26 Å².